The number of carbonyl (C=O) groups is 1. The van der Waals surface area contributed by atoms with Crippen LogP contribution in [0.3, 0.4) is 0 Å². The van der Waals surface area contributed by atoms with Gasteiger partial charge in [-0.3, -0.25) is 0 Å². The average Bonchev–Trinajstić information content (AvgIpc) is 3.09. The minimum absolute atomic E-state index is 0.309. The molecule has 9 heteroatoms. The molecule has 7 nitrogen and oxygen atoms in total. The summed E-state index contributed by atoms with van der Waals surface area (Å²) in [6.45, 7) is 1.83. The van der Waals surface area contributed by atoms with Crippen LogP contribution in [-0.2, 0) is 0 Å². The molecule has 0 saturated heterocycles. The number of hydrogen-bond donors (Lipinski definition) is 2. The van der Waals surface area contributed by atoms with Gasteiger partial charge in [-0.15, -0.1) is 0 Å². The molecule has 3 aromatic rings. The molecule has 1 unspecified atom stereocenters. The lowest BCUT2D eigenvalue weighted by molar-refractivity contribution is 0.249. The molecule has 3 rings (SSSR count). The summed E-state index contributed by atoms with van der Waals surface area (Å²) in [5.74, 6) is 0.465. The lowest BCUT2D eigenvalue weighted by Gasteiger charge is -2.17. The maximum atomic E-state index is 12.3. The molecule has 128 valence electrons. The number of anilines is 1. The lowest BCUT2D eigenvalue weighted by atomic mass is 10.1. The van der Waals surface area contributed by atoms with Crippen LogP contribution in [0.5, 0.6) is 0 Å². The van der Waals surface area contributed by atoms with E-state index >= 15 is 0 Å². The van der Waals surface area contributed by atoms with Crippen molar-refractivity contribution in [2.45, 2.75) is 13.0 Å². The number of carbonyl (C=O) groups excluding carboxylic acids is 1. The number of hydrogen-bond acceptors (Lipinski definition) is 4. The quantitative estimate of drug-likeness (QED) is 0.723. The molecule has 2 N–H and O–H groups in total. The highest BCUT2D eigenvalue weighted by atomic mass is 35.5. The molecular formula is C16H14Cl2N6O. The van der Waals surface area contributed by atoms with Gasteiger partial charge in [0.15, 0.2) is 5.82 Å². The highest BCUT2D eigenvalue weighted by Crippen LogP contribution is 2.26. The lowest BCUT2D eigenvalue weighted by Crippen LogP contribution is -2.31. The highest BCUT2D eigenvalue weighted by molar-refractivity contribution is 6.35. The summed E-state index contributed by atoms with van der Waals surface area (Å²) >= 11 is 12.1. The molecule has 0 aliphatic carbocycles. The molecule has 1 atom stereocenters. The first kappa shape index (κ1) is 17.2. The first-order valence-corrected chi connectivity index (χ1v) is 8.12. The third-order valence-electron chi connectivity index (χ3n) is 3.45. The number of nitrogens with one attached hydrogen (secondary N) is 2. The number of halogens is 2. The first-order chi connectivity index (χ1) is 12.0. The van der Waals surface area contributed by atoms with Crippen molar-refractivity contribution < 1.29 is 4.79 Å². The van der Waals surface area contributed by atoms with E-state index in [1.54, 1.807) is 36.5 Å². The second-order valence-corrected chi connectivity index (χ2v) is 6.04. The van der Waals surface area contributed by atoms with E-state index in [9.17, 15) is 4.79 Å². The molecule has 2 amide bonds. The summed E-state index contributed by atoms with van der Waals surface area (Å²) in [4.78, 5) is 20.4. The molecule has 0 aliphatic heterocycles. The predicted octanol–water partition coefficient (Wildman–Crippen LogP) is 3.85. The van der Waals surface area contributed by atoms with Crippen LogP contribution < -0.4 is 10.6 Å². The Kier molecular flexibility index (Phi) is 5.16. The highest BCUT2D eigenvalue weighted by Gasteiger charge is 2.15. The van der Waals surface area contributed by atoms with Crippen LogP contribution in [0.15, 0.2) is 49.2 Å². The Morgan fingerprint density at radius 2 is 2.12 bits per heavy atom. The standard InChI is InChI=1S/C16H14Cl2N6O/c1-10(12-5-4-11(17)7-13(12)18)22-16(25)23-14-3-2-6-20-15(14)24-9-19-8-21-24/h2-10H,1H3,(H2,22,23,25). The minimum atomic E-state index is -0.395. The maximum absolute atomic E-state index is 12.3. The molecule has 0 spiro atoms. The fourth-order valence-corrected chi connectivity index (χ4v) is 2.85. The summed E-state index contributed by atoms with van der Waals surface area (Å²) in [7, 11) is 0. The topological polar surface area (TPSA) is 84.7 Å². The van der Waals surface area contributed by atoms with Crippen molar-refractivity contribution in [3.63, 3.8) is 0 Å². The Bertz CT molecular complexity index is 884. The molecule has 2 heterocycles. The zero-order chi connectivity index (χ0) is 17.8. The van der Waals surface area contributed by atoms with Crippen molar-refractivity contribution >= 4 is 34.9 Å². The molecule has 0 bridgehead atoms. The van der Waals surface area contributed by atoms with Crippen LogP contribution in [0.4, 0.5) is 10.5 Å². The number of aromatic nitrogens is 4. The Labute approximate surface area is 154 Å². The summed E-state index contributed by atoms with van der Waals surface area (Å²) in [5.41, 5.74) is 1.27. The first-order valence-electron chi connectivity index (χ1n) is 7.37. The largest absolute Gasteiger partial charge is 0.331 e. The maximum Gasteiger partial charge on any atom is 0.319 e. The zero-order valence-electron chi connectivity index (χ0n) is 13.1. The van der Waals surface area contributed by atoms with Crippen LogP contribution in [0.1, 0.15) is 18.5 Å². The van der Waals surface area contributed by atoms with Crippen molar-refractivity contribution in [2.75, 3.05) is 5.32 Å². The van der Waals surface area contributed by atoms with Crippen LogP contribution in [-0.4, -0.2) is 25.8 Å². The number of urea groups is 1. The van der Waals surface area contributed by atoms with Gasteiger partial charge in [-0.25, -0.2) is 19.4 Å². The van der Waals surface area contributed by atoms with Gasteiger partial charge in [-0.1, -0.05) is 29.3 Å². The molecular weight excluding hydrogens is 363 g/mol. The normalized spacial score (nSPS) is 11.8. The van der Waals surface area contributed by atoms with E-state index in [1.807, 2.05) is 6.92 Å². The third kappa shape index (κ3) is 4.07. The van der Waals surface area contributed by atoms with Crippen LogP contribution in [0.2, 0.25) is 10.0 Å². The zero-order valence-corrected chi connectivity index (χ0v) is 14.7. The van der Waals surface area contributed by atoms with E-state index in [4.69, 9.17) is 23.2 Å². The molecule has 0 radical (unpaired) electrons. The second-order valence-electron chi connectivity index (χ2n) is 5.20. The van der Waals surface area contributed by atoms with Crippen molar-refractivity contribution in [3.05, 3.63) is 64.8 Å². The molecule has 0 saturated carbocycles. The Hall–Kier alpha value is -2.64. The van der Waals surface area contributed by atoms with Crippen molar-refractivity contribution in [3.8, 4) is 5.82 Å². The average molecular weight is 377 g/mol. The predicted molar refractivity (Wildman–Crippen MR) is 96.2 cm³/mol. The monoisotopic (exact) mass is 376 g/mol. The smallest absolute Gasteiger partial charge is 0.319 e. The van der Waals surface area contributed by atoms with E-state index in [-0.39, 0.29) is 6.04 Å². The van der Waals surface area contributed by atoms with Gasteiger partial charge < -0.3 is 10.6 Å². The summed E-state index contributed by atoms with van der Waals surface area (Å²) in [5, 5.41) is 10.6. The molecule has 25 heavy (non-hydrogen) atoms. The van der Waals surface area contributed by atoms with Gasteiger partial charge in [0.2, 0.25) is 0 Å². The molecule has 0 aliphatic rings. The van der Waals surface area contributed by atoms with Crippen molar-refractivity contribution in [2.24, 2.45) is 0 Å². The molecule has 2 aromatic heterocycles. The number of amides is 2. The number of rotatable bonds is 4. The van der Waals surface area contributed by atoms with Gasteiger partial charge in [0, 0.05) is 16.2 Å². The van der Waals surface area contributed by atoms with Gasteiger partial charge >= 0.3 is 6.03 Å². The Balaban J connectivity index is 1.73. The summed E-state index contributed by atoms with van der Waals surface area (Å²) in [6, 6.07) is 7.88. The van der Waals surface area contributed by atoms with Crippen LogP contribution in [0.25, 0.3) is 5.82 Å². The van der Waals surface area contributed by atoms with Gasteiger partial charge in [-0.05, 0) is 36.8 Å². The minimum Gasteiger partial charge on any atom is -0.331 e. The summed E-state index contributed by atoms with van der Waals surface area (Å²) in [6.07, 6.45) is 4.50. The van der Waals surface area contributed by atoms with E-state index < -0.39 is 6.03 Å². The van der Waals surface area contributed by atoms with Crippen molar-refractivity contribution in [1.29, 1.82) is 0 Å². The number of benzene rings is 1. The van der Waals surface area contributed by atoms with E-state index in [0.29, 0.717) is 21.6 Å². The second kappa shape index (κ2) is 7.50. The summed E-state index contributed by atoms with van der Waals surface area (Å²) < 4.78 is 1.47. The SMILES string of the molecule is CC(NC(=O)Nc1cccnc1-n1cncn1)c1ccc(Cl)cc1Cl. The van der Waals surface area contributed by atoms with Crippen LogP contribution >= 0.6 is 23.2 Å². The van der Waals surface area contributed by atoms with Crippen LogP contribution in [0, 0.1) is 0 Å². The molecule has 0 fully saturated rings. The van der Waals surface area contributed by atoms with Crippen molar-refractivity contribution in [1.82, 2.24) is 25.1 Å². The van der Waals surface area contributed by atoms with Gasteiger partial charge in [0.05, 0.1) is 11.7 Å². The Morgan fingerprint density at radius 3 is 2.84 bits per heavy atom. The van der Waals surface area contributed by atoms with E-state index in [1.165, 1.54) is 17.3 Å². The third-order valence-corrected chi connectivity index (χ3v) is 4.01. The molecule has 1 aromatic carbocycles. The van der Waals surface area contributed by atoms with Gasteiger partial charge in [0.1, 0.15) is 12.7 Å². The fourth-order valence-electron chi connectivity index (χ4n) is 2.28. The fraction of sp³-hybridized carbons (Fsp3) is 0.125. The number of pyridine rings is 1. The van der Waals surface area contributed by atoms with Gasteiger partial charge in [-0.2, -0.15) is 5.10 Å². The van der Waals surface area contributed by atoms with E-state index in [2.05, 4.69) is 25.7 Å². The Morgan fingerprint density at radius 1 is 1.28 bits per heavy atom. The van der Waals surface area contributed by atoms with E-state index in [0.717, 1.165) is 5.56 Å². The van der Waals surface area contributed by atoms with Gasteiger partial charge in [0.25, 0.3) is 0 Å². The number of nitrogens with zero attached hydrogens (tertiary/aromatic N) is 4.